The molecule has 0 saturated carbocycles. The van der Waals surface area contributed by atoms with Crippen LogP contribution in [0.25, 0.3) is 0 Å². The van der Waals surface area contributed by atoms with Crippen LogP contribution >= 0.6 is 0 Å². The number of nitrogens with zero attached hydrogens (tertiary/aromatic N) is 1. The Bertz CT molecular complexity index is 372. The molecule has 0 spiro atoms. The van der Waals surface area contributed by atoms with E-state index in [2.05, 4.69) is 17.1 Å². The van der Waals surface area contributed by atoms with E-state index in [0.717, 1.165) is 43.7 Å². The summed E-state index contributed by atoms with van der Waals surface area (Å²) in [6, 6.07) is 5.64. The summed E-state index contributed by atoms with van der Waals surface area (Å²) in [5, 5.41) is 3.34. The van der Waals surface area contributed by atoms with Gasteiger partial charge in [0.15, 0.2) is 0 Å². The van der Waals surface area contributed by atoms with E-state index >= 15 is 0 Å². The molecule has 0 bridgehead atoms. The van der Waals surface area contributed by atoms with Crippen molar-refractivity contribution in [1.29, 1.82) is 0 Å². The van der Waals surface area contributed by atoms with Gasteiger partial charge < -0.3 is 5.32 Å². The zero-order valence-electron chi connectivity index (χ0n) is 10.7. The largest absolute Gasteiger partial charge is 0.314 e. The van der Waals surface area contributed by atoms with Crippen molar-refractivity contribution in [2.45, 2.75) is 26.3 Å². The van der Waals surface area contributed by atoms with Gasteiger partial charge in [-0.3, -0.25) is 4.90 Å². The highest BCUT2D eigenvalue weighted by Crippen LogP contribution is 2.27. The number of nitrogens with one attached hydrogen (secondary N) is 1. The third-order valence-electron chi connectivity index (χ3n) is 3.49. The lowest BCUT2D eigenvalue weighted by Gasteiger charge is -2.35. The molecule has 94 valence electrons. The number of rotatable bonds is 3. The molecule has 1 N–H and O–H groups in total. The quantitative estimate of drug-likeness (QED) is 0.867. The number of piperazine rings is 1. The molecule has 0 aliphatic carbocycles. The Morgan fingerprint density at radius 2 is 2.06 bits per heavy atom. The third-order valence-corrected chi connectivity index (χ3v) is 3.49. The van der Waals surface area contributed by atoms with Crippen molar-refractivity contribution in [3.63, 3.8) is 0 Å². The second-order valence-electron chi connectivity index (χ2n) is 4.73. The molecule has 1 heterocycles. The Hall–Kier alpha value is -0.930. The fraction of sp³-hybridized carbons (Fsp3) is 0.571. The SMILES string of the molecule is CC[C@@H](c1cc(C)ccc1F)N1CCNCC1. The first-order valence-electron chi connectivity index (χ1n) is 6.43. The minimum atomic E-state index is -0.0685. The average Bonchev–Trinajstić information content (AvgIpc) is 2.36. The van der Waals surface area contributed by atoms with Gasteiger partial charge in [0.05, 0.1) is 0 Å². The van der Waals surface area contributed by atoms with Crippen LogP contribution < -0.4 is 5.32 Å². The first kappa shape index (κ1) is 12.5. The number of aryl methyl sites for hydroxylation is 1. The van der Waals surface area contributed by atoms with Gasteiger partial charge in [-0.05, 0) is 19.4 Å². The van der Waals surface area contributed by atoms with Crippen molar-refractivity contribution in [3.05, 3.63) is 35.1 Å². The lowest BCUT2D eigenvalue weighted by molar-refractivity contribution is 0.166. The Labute approximate surface area is 103 Å². The Kier molecular flexibility index (Phi) is 4.13. The van der Waals surface area contributed by atoms with E-state index in [0.29, 0.717) is 0 Å². The van der Waals surface area contributed by atoms with Gasteiger partial charge in [-0.25, -0.2) is 4.39 Å². The van der Waals surface area contributed by atoms with E-state index < -0.39 is 0 Å². The molecule has 17 heavy (non-hydrogen) atoms. The van der Waals surface area contributed by atoms with E-state index in [-0.39, 0.29) is 11.9 Å². The van der Waals surface area contributed by atoms with E-state index in [1.165, 1.54) is 0 Å². The lowest BCUT2D eigenvalue weighted by Crippen LogP contribution is -2.45. The summed E-state index contributed by atoms with van der Waals surface area (Å²) in [6.45, 7) is 8.17. The van der Waals surface area contributed by atoms with Crippen LogP contribution in [0.3, 0.4) is 0 Å². The second-order valence-corrected chi connectivity index (χ2v) is 4.73. The number of benzene rings is 1. The van der Waals surface area contributed by atoms with E-state index in [9.17, 15) is 4.39 Å². The average molecular weight is 236 g/mol. The molecular weight excluding hydrogens is 215 g/mol. The Balaban J connectivity index is 2.24. The molecular formula is C14H21FN2. The second kappa shape index (κ2) is 5.61. The van der Waals surface area contributed by atoms with Gasteiger partial charge in [-0.2, -0.15) is 0 Å². The van der Waals surface area contributed by atoms with Crippen LogP contribution in [0.5, 0.6) is 0 Å². The maximum Gasteiger partial charge on any atom is 0.128 e. The molecule has 1 atom stereocenters. The third kappa shape index (κ3) is 2.85. The number of hydrogen-bond acceptors (Lipinski definition) is 2. The van der Waals surface area contributed by atoms with Crippen molar-refractivity contribution in [2.24, 2.45) is 0 Å². The van der Waals surface area contributed by atoms with Gasteiger partial charge in [0.2, 0.25) is 0 Å². The minimum Gasteiger partial charge on any atom is -0.314 e. The van der Waals surface area contributed by atoms with Crippen LogP contribution in [0.4, 0.5) is 4.39 Å². The van der Waals surface area contributed by atoms with Crippen LogP contribution in [0.1, 0.15) is 30.5 Å². The van der Waals surface area contributed by atoms with E-state index in [1.807, 2.05) is 19.1 Å². The van der Waals surface area contributed by atoms with Gasteiger partial charge >= 0.3 is 0 Å². The normalized spacial score (nSPS) is 19.2. The summed E-state index contributed by atoms with van der Waals surface area (Å²) in [6.07, 6.45) is 0.959. The molecule has 0 unspecified atom stereocenters. The standard InChI is InChI=1S/C14H21FN2/c1-3-14(17-8-6-16-7-9-17)12-10-11(2)4-5-13(12)15/h4-5,10,14,16H,3,6-9H2,1-2H3/t14-/m0/s1. The zero-order chi connectivity index (χ0) is 12.3. The van der Waals surface area contributed by atoms with E-state index in [1.54, 1.807) is 6.07 Å². The van der Waals surface area contributed by atoms with Crippen LogP contribution in [-0.4, -0.2) is 31.1 Å². The molecule has 0 radical (unpaired) electrons. The maximum absolute atomic E-state index is 13.9. The smallest absolute Gasteiger partial charge is 0.128 e. The summed E-state index contributed by atoms with van der Waals surface area (Å²) in [7, 11) is 0. The molecule has 1 aliphatic heterocycles. The molecule has 1 saturated heterocycles. The van der Waals surface area contributed by atoms with Crippen LogP contribution in [0.15, 0.2) is 18.2 Å². The van der Waals surface area contributed by atoms with Gasteiger partial charge in [-0.1, -0.05) is 24.6 Å². The first-order chi connectivity index (χ1) is 8.22. The molecule has 3 heteroatoms. The van der Waals surface area contributed by atoms with Crippen molar-refractivity contribution in [1.82, 2.24) is 10.2 Å². The van der Waals surface area contributed by atoms with Crippen LogP contribution in [0.2, 0.25) is 0 Å². The summed E-state index contributed by atoms with van der Waals surface area (Å²) < 4.78 is 13.9. The molecule has 2 rings (SSSR count). The molecule has 1 aliphatic rings. The van der Waals surface area contributed by atoms with Crippen molar-refractivity contribution in [2.75, 3.05) is 26.2 Å². The van der Waals surface area contributed by atoms with Crippen LogP contribution in [-0.2, 0) is 0 Å². The summed E-state index contributed by atoms with van der Waals surface area (Å²) >= 11 is 0. The number of hydrogen-bond donors (Lipinski definition) is 1. The van der Waals surface area contributed by atoms with Gasteiger partial charge in [0.1, 0.15) is 5.82 Å². The highest BCUT2D eigenvalue weighted by atomic mass is 19.1. The van der Waals surface area contributed by atoms with Crippen molar-refractivity contribution >= 4 is 0 Å². The van der Waals surface area contributed by atoms with Gasteiger partial charge in [0.25, 0.3) is 0 Å². The van der Waals surface area contributed by atoms with Crippen LogP contribution in [0, 0.1) is 12.7 Å². The Morgan fingerprint density at radius 3 is 2.71 bits per heavy atom. The summed E-state index contributed by atoms with van der Waals surface area (Å²) in [5.74, 6) is -0.0685. The molecule has 0 amide bonds. The lowest BCUT2D eigenvalue weighted by atomic mass is 9.99. The van der Waals surface area contributed by atoms with E-state index in [4.69, 9.17) is 0 Å². The fourth-order valence-electron chi connectivity index (χ4n) is 2.59. The molecule has 0 aromatic heterocycles. The molecule has 2 nitrogen and oxygen atoms in total. The maximum atomic E-state index is 13.9. The zero-order valence-corrected chi connectivity index (χ0v) is 10.7. The highest BCUT2D eigenvalue weighted by molar-refractivity contribution is 5.27. The summed E-state index contributed by atoms with van der Waals surface area (Å²) in [4.78, 5) is 2.38. The fourth-order valence-corrected chi connectivity index (χ4v) is 2.59. The predicted octanol–water partition coefficient (Wildman–Crippen LogP) is 2.49. The molecule has 1 aromatic carbocycles. The summed E-state index contributed by atoms with van der Waals surface area (Å²) in [5.41, 5.74) is 1.99. The first-order valence-corrected chi connectivity index (χ1v) is 6.43. The van der Waals surface area contributed by atoms with Crippen molar-refractivity contribution in [3.8, 4) is 0 Å². The monoisotopic (exact) mass is 236 g/mol. The molecule has 1 aromatic rings. The number of halogens is 1. The van der Waals surface area contributed by atoms with Crippen molar-refractivity contribution < 1.29 is 4.39 Å². The van der Waals surface area contributed by atoms with Gasteiger partial charge in [0, 0.05) is 37.8 Å². The minimum absolute atomic E-state index is 0.0685. The molecule has 1 fully saturated rings. The predicted molar refractivity (Wildman–Crippen MR) is 68.6 cm³/mol. The highest BCUT2D eigenvalue weighted by Gasteiger charge is 2.22. The Morgan fingerprint density at radius 1 is 1.35 bits per heavy atom. The topological polar surface area (TPSA) is 15.3 Å². The van der Waals surface area contributed by atoms with Gasteiger partial charge in [-0.15, -0.1) is 0 Å².